The van der Waals surface area contributed by atoms with Crippen molar-refractivity contribution >= 4 is 51.0 Å². The average Bonchev–Trinajstić information content (AvgIpc) is 3.63. The van der Waals surface area contributed by atoms with Crippen molar-refractivity contribution in [1.82, 2.24) is 24.7 Å². The van der Waals surface area contributed by atoms with E-state index in [1.807, 2.05) is 30.7 Å². The van der Waals surface area contributed by atoms with Gasteiger partial charge in [-0.25, -0.2) is 36.7 Å². The summed E-state index contributed by atoms with van der Waals surface area (Å²) in [4.78, 5) is 16.6. The highest BCUT2D eigenvalue weighted by Gasteiger charge is 2.30. The van der Waals surface area contributed by atoms with E-state index in [9.17, 15) is 17.6 Å². The highest BCUT2D eigenvalue weighted by atomic mass is 35.5. The molecule has 0 spiro atoms. The third-order valence-electron chi connectivity index (χ3n) is 7.37. The summed E-state index contributed by atoms with van der Waals surface area (Å²) in [6.45, 7) is 5.24. The molecule has 5 rings (SSSR count). The molecule has 4 aromatic rings. The number of hydrogen-bond donors (Lipinski definition) is 2. The molecule has 1 aliphatic heterocycles. The number of carbonyl (C=O) groups excluding carboxylic acids is 1. The summed E-state index contributed by atoms with van der Waals surface area (Å²) in [7, 11) is -4.18. The minimum atomic E-state index is -4.18. The quantitative estimate of drug-likeness (QED) is 0.184. The van der Waals surface area contributed by atoms with Gasteiger partial charge in [-0.1, -0.05) is 67.0 Å². The van der Waals surface area contributed by atoms with Crippen molar-refractivity contribution in [3.63, 3.8) is 0 Å². The molecule has 1 aliphatic rings. The summed E-state index contributed by atoms with van der Waals surface area (Å²) in [5, 5.41) is 2.81. The number of halogens is 4. The lowest BCUT2D eigenvalue weighted by Gasteiger charge is -2.27. The molecule has 2 N–H and O–H groups in total. The molecular formula is C30H29Cl2F2N5O3S2. The Bertz CT molecular complexity index is 1790. The highest BCUT2D eigenvalue weighted by Crippen LogP contribution is 2.38. The number of nitrogens with one attached hydrogen (secondary N) is 2. The predicted octanol–water partition coefficient (Wildman–Crippen LogP) is 7.07. The fourth-order valence-electron chi connectivity index (χ4n) is 4.92. The number of benzene rings is 3. The molecule has 14 heteroatoms. The lowest BCUT2D eigenvalue weighted by molar-refractivity contribution is 0.202. The van der Waals surface area contributed by atoms with E-state index in [4.69, 9.17) is 23.2 Å². The van der Waals surface area contributed by atoms with Gasteiger partial charge in [0.15, 0.2) is 5.16 Å². The predicted molar refractivity (Wildman–Crippen MR) is 168 cm³/mol. The number of nitrogens with zero attached hydrogens (tertiary/aromatic N) is 3. The monoisotopic (exact) mass is 679 g/mol. The summed E-state index contributed by atoms with van der Waals surface area (Å²) in [6.07, 6.45) is 3.49. The molecule has 0 atom stereocenters. The van der Waals surface area contributed by atoms with Gasteiger partial charge >= 0.3 is 6.03 Å². The molecule has 8 nitrogen and oxygen atoms in total. The number of thioether (sulfide) groups is 1. The largest absolute Gasteiger partial charge is 0.343 e. The van der Waals surface area contributed by atoms with E-state index in [1.54, 1.807) is 34.0 Å². The van der Waals surface area contributed by atoms with Crippen molar-refractivity contribution in [3.05, 3.63) is 105 Å². The third-order valence-corrected chi connectivity index (χ3v) is 10.3. The van der Waals surface area contributed by atoms with Gasteiger partial charge in [-0.15, -0.1) is 0 Å². The first kappa shape index (κ1) is 32.2. The van der Waals surface area contributed by atoms with Gasteiger partial charge in [-0.05, 0) is 60.4 Å². The number of imidazole rings is 1. The Balaban J connectivity index is 1.40. The molecule has 3 aromatic carbocycles. The molecule has 2 amide bonds. The summed E-state index contributed by atoms with van der Waals surface area (Å²) < 4.78 is 58.3. The summed E-state index contributed by atoms with van der Waals surface area (Å²) in [5.41, 5.74) is 4.14. The van der Waals surface area contributed by atoms with Gasteiger partial charge in [0, 0.05) is 40.4 Å². The number of carbonyl (C=O) groups is 1. The van der Waals surface area contributed by atoms with Crippen molar-refractivity contribution in [1.29, 1.82) is 0 Å². The van der Waals surface area contributed by atoms with E-state index < -0.39 is 33.1 Å². The van der Waals surface area contributed by atoms with Crippen LogP contribution in [0.2, 0.25) is 10.0 Å². The number of amides is 2. The lowest BCUT2D eigenvalue weighted by Crippen LogP contribution is -2.47. The van der Waals surface area contributed by atoms with Crippen molar-refractivity contribution in [2.75, 3.05) is 13.1 Å². The van der Waals surface area contributed by atoms with Gasteiger partial charge in [0.05, 0.1) is 22.5 Å². The Hall–Kier alpha value is -3.16. The van der Waals surface area contributed by atoms with Crippen LogP contribution in [0.3, 0.4) is 0 Å². The zero-order valence-corrected chi connectivity index (χ0v) is 26.9. The molecule has 1 fully saturated rings. The Morgan fingerprint density at radius 3 is 2.39 bits per heavy atom. The Morgan fingerprint density at radius 2 is 1.73 bits per heavy atom. The van der Waals surface area contributed by atoms with Gasteiger partial charge in [-0.3, -0.25) is 9.99 Å². The average molecular weight is 681 g/mol. The van der Waals surface area contributed by atoms with Crippen LogP contribution in [0.25, 0.3) is 5.69 Å². The van der Waals surface area contributed by atoms with Gasteiger partial charge in [-0.2, -0.15) is 0 Å². The van der Waals surface area contributed by atoms with Gasteiger partial charge < -0.3 is 0 Å². The van der Waals surface area contributed by atoms with Crippen molar-refractivity contribution < 1.29 is 22.0 Å². The zero-order valence-electron chi connectivity index (χ0n) is 23.8. The van der Waals surface area contributed by atoms with E-state index >= 15 is 4.39 Å². The second-order valence-electron chi connectivity index (χ2n) is 10.8. The normalized spacial score (nSPS) is 14.1. The van der Waals surface area contributed by atoms with Crippen LogP contribution in [0.5, 0.6) is 0 Å². The Kier molecular flexibility index (Phi) is 9.57. The maximum atomic E-state index is 15.2. The molecule has 0 radical (unpaired) electrons. The zero-order chi connectivity index (χ0) is 31.6. The fourth-order valence-corrected chi connectivity index (χ4v) is 7.35. The maximum absolute atomic E-state index is 15.2. The van der Waals surface area contributed by atoms with E-state index in [2.05, 4.69) is 10.4 Å². The van der Waals surface area contributed by atoms with Crippen LogP contribution in [-0.4, -0.2) is 42.1 Å². The minimum Gasteiger partial charge on any atom is -0.288 e. The number of urea groups is 1. The second-order valence-corrected chi connectivity index (χ2v) is 14.2. The van der Waals surface area contributed by atoms with E-state index in [0.29, 0.717) is 34.5 Å². The van der Waals surface area contributed by atoms with Crippen LogP contribution >= 0.6 is 35.0 Å². The topological polar surface area (TPSA) is 96.3 Å². The molecule has 0 unspecified atom stereocenters. The van der Waals surface area contributed by atoms with E-state index in [0.717, 1.165) is 24.5 Å². The van der Waals surface area contributed by atoms with E-state index in [-0.39, 0.29) is 21.4 Å². The molecule has 0 aliphatic carbocycles. The summed E-state index contributed by atoms with van der Waals surface area (Å²) >= 11 is 13.8. The molecule has 44 heavy (non-hydrogen) atoms. The maximum Gasteiger partial charge on any atom is 0.343 e. The molecule has 2 heterocycles. The highest BCUT2D eigenvalue weighted by molar-refractivity contribution is 7.98. The van der Waals surface area contributed by atoms with E-state index in [1.165, 1.54) is 36.0 Å². The first-order valence-electron chi connectivity index (χ1n) is 13.6. The number of sulfonamides is 1. The van der Waals surface area contributed by atoms with Crippen molar-refractivity contribution in [3.8, 4) is 5.69 Å². The summed E-state index contributed by atoms with van der Waals surface area (Å²) in [5.74, 6) is -1.21. The van der Waals surface area contributed by atoms with Crippen LogP contribution < -0.4 is 10.1 Å². The second kappa shape index (κ2) is 13.1. The molecular weight excluding hydrogens is 651 g/mol. The van der Waals surface area contributed by atoms with Crippen LogP contribution in [0.4, 0.5) is 13.6 Å². The summed E-state index contributed by atoms with van der Waals surface area (Å²) in [6, 6.07) is 14.0. The molecule has 0 bridgehead atoms. The van der Waals surface area contributed by atoms with Gasteiger partial charge in [0.1, 0.15) is 11.6 Å². The number of rotatable bonds is 9. The third kappa shape index (κ3) is 7.05. The molecule has 0 saturated carbocycles. The molecule has 1 aromatic heterocycles. The van der Waals surface area contributed by atoms with Crippen molar-refractivity contribution in [2.24, 2.45) is 0 Å². The Labute approximate surface area is 268 Å². The smallest absolute Gasteiger partial charge is 0.288 e. The number of hydrazine groups is 1. The first-order chi connectivity index (χ1) is 20.8. The molecule has 232 valence electrons. The van der Waals surface area contributed by atoms with Gasteiger partial charge in [0.2, 0.25) is 0 Å². The van der Waals surface area contributed by atoms with Gasteiger partial charge in [0.25, 0.3) is 10.0 Å². The number of hydrogen-bond acceptors (Lipinski definition) is 6. The van der Waals surface area contributed by atoms with Crippen LogP contribution in [0.1, 0.15) is 43.5 Å². The minimum absolute atomic E-state index is 0.120. The van der Waals surface area contributed by atoms with Crippen LogP contribution in [-0.2, 0) is 21.2 Å². The number of aromatic nitrogens is 2. The molecule has 1 saturated heterocycles. The lowest BCUT2D eigenvalue weighted by atomic mass is 9.81. The van der Waals surface area contributed by atoms with Crippen molar-refractivity contribution in [2.45, 2.75) is 47.9 Å². The standard InChI is InChI=1S/C30H29Cl2F2N5O3S2/c1-30(2,20-6-8-21(31)9-7-20)27-17-35-29(39(27)26-12-10-22(33)15-25(26)34)43-18-19-5-11-23(16-24(19)32)44(41,42)37-28(40)36-38-13-3-4-14-38/h5-12,15-17H,3-4,13-14,18H2,1-2H3,(H2,36,37,40). The Morgan fingerprint density at radius 1 is 1.02 bits per heavy atom. The van der Waals surface area contributed by atoms with Crippen LogP contribution in [0, 0.1) is 11.6 Å². The fraction of sp³-hybridized carbons (Fsp3) is 0.267. The first-order valence-corrected chi connectivity index (χ1v) is 16.9. The SMILES string of the molecule is CC(C)(c1ccc(Cl)cc1)c1cnc(SCc2ccc(S(=O)(=O)NC(=O)NN3CCCC3)cc2Cl)n1-c1ccc(F)cc1F. The van der Waals surface area contributed by atoms with Crippen LogP contribution in [0.15, 0.2) is 76.9 Å².